The van der Waals surface area contributed by atoms with Gasteiger partial charge in [-0.2, -0.15) is 8.78 Å². The van der Waals surface area contributed by atoms with Gasteiger partial charge in [0, 0.05) is 144 Å². The molecule has 9 rings (SSSR count). The fraction of sp³-hybridized carbons (Fsp3) is 0.391. The highest BCUT2D eigenvalue weighted by molar-refractivity contribution is 6.06. The number of nitrogens with one attached hydrogen (secondary N) is 7. The molecule has 2 unspecified atom stereocenters. The van der Waals surface area contributed by atoms with Crippen molar-refractivity contribution in [1.29, 1.82) is 0 Å². The van der Waals surface area contributed by atoms with Gasteiger partial charge in [-0.05, 0) is 61.4 Å². The lowest BCUT2D eigenvalue weighted by molar-refractivity contribution is -0.135. The summed E-state index contributed by atoms with van der Waals surface area (Å²) < 4.78 is 74.8. The predicted octanol–water partition coefficient (Wildman–Crippen LogP) is 2.27. The Morgan fingerprint density at radius 2 is 0.600 bits per heavy atom. The molecule has 26 nitrogen and oxygen atoms in total. The average molecular weight is 1330 g/mol. The number of unbranched alkanes of at least 4 members (excludes halogenated alkanes) is 2. The van der Waals surface area contributed by atoms with E-state index in [0.717, 1.165) is 0 Å². The first kappa shape index (κ1) is 70.9. The van der Waals surface area contributed by atoms with Gasteiger partial charge in [0.1, 0.15) is 23.0 Å². The molecule has 0 saturated heterocycles. The summed E-state index contributed by atoms with van der Waals surface area (Å²) in [4.78, 5) is 133. The number of hydrogen-bond acceptors (Lipinski definition) is 18. The lowest BCUT2D eigenvalue weighted by atomic mass is 10.1. The van der Waals surface area contributed by atoms with Gasteiger partial charge in [0.15, 0.2) is 0 Å². The van der Waals surface area contributed by atoms with E-state index >= 15 is 0 Å². The van der Waals surface area contributed by atoms with Gasteiger partial charge in [-0.15, -0.1) is 0 Å². The normalized spacial score (nSPS) is 19.9. The van der Waals surface area contributed by atoms with Gasteiger partial charge in [-0.1, -0.05) is 30.7 Å². The molecule has 508 valence electrons. The van der Waals surface area contributed by atoms with E-state index in [9.17, 15) is 85.5 Å². The first-order valence-electron chi connectivity index (χ1n) is 30.8. The van der Waals surface area contributed by atoms with Crippen molar-refractivity contribution in [2.24, 2.45) is 0 Å². The minimum Gasteiger partial charge on any atom is -0.506 e. The molecule has 0 aliphatic carbocycles. The van der Waals surface area contributed by atoms with E-state index in [1.165, 1.54) is 77.7 Å². The van der Waals surface area contributed by atoms with Gasteiger partial charge in [0.2, 0.25) is 34.8 Å². The summed E-state index contributed by atoms with van der Waals surface area (Å²) in [5.74, 6) is -23.2. The summed E-state index contributed by atoms with van der Waals surface area (Å²) in [5.41, 5.74) is -1.84. The van der Waals surface area contributed by atoms with Gasteiger partial charge < -0.3 is 67.3 Å². The third-order valence-corrected chi connectivity index (χ3v) is 16.2. The minimum absolute atomic E-state index is 0.0142. The highest BCUT2D eigenvalue weighted by Gasteiger charge is 2.30. The second-order valence-electron chi connectivity index (χ2n) is 22.4. The highest BCUT2D eigenvalue weighted by atomic mass is 19.2. The average Bonchev–Trinajstić information content (AvgIpc) is 1.32. The molecule has 0 radical (unpaired) electrons. The maximum atomic E-state index is 14.9. The zero-order valence-corrected chi connectivity index (χ0v) is 51.6. The smallest absolute Gasteiger partial charge is 0.311 e. The molecular weight excluding hydrogens is 1260 g/mol. The van der Waals surface area contributed by atoms with Crippen LogP contribution in [-0.4, -0.2) is 236 Å². The van der Waals surface area contributed by atoms with Crippen LogP contribution in [0.3, 0.4) is 0 Å². The maximum Gasteiger partial charge on any atom is 0.311 e. The van der Waals surface area contributed by atoms with Crippen LogP contribution >= 0.6 is 0 Å². The highest BCUT2D eigenvalue weighted by Crippen LogP contribution is 2.31. The van der Waals surface area contributed by atoms with Crippen molar-refractivity contribution in [2.75, 3.05) is 137 Å². The van der Waals surface area contributed by atoms with E-state index in [4.69, 9.17) is 0 Å². The number of phenols is 4. The Labute approximate surface area is 541 Å². The fourth-order valence-corrected chi connectivity index (χ4v) is 10.8. The Hall–Kier alpha value is -9.98. The molecule has 4 aliphatic heterocycles. The number of rotatable bonds is 7. The van der Waals surface area contributed by atoms with Gasteiger partial charge in [0.05, 0.1) is 44.5 Å². The maximum absolute atomic E-state index is 14.9. The number of carbonyl (C=O) groups is 9. The summed E-state index contributed by atoms with van der Waals surface area (Å²) in [6.07, 6.45) is -0.437. The Kier molecular flexibility index (Phi) is 25.2. The largest absolute Gasteiger partial charge is 0.506 e. The number of fused-ring (bicyclic) bond motifs is 16. The molecule has 8 amide bonds. The number of ether oxygens (including phenoxy) is 1. The van der Waals surface area contributed by atoms with Gasteiger partial charge in [-0.25, -0.2) is 13.2 Å². The number of nitrogens with zero attached hydrogens (tertiary/aromatic N) is 5. The molecule has 4 heterocycles. The van der Waals surface area contributed by atoms with E-state index in [-0.39, 0.29) is 201 Å². The molecule has 0 spiro atoms. The summed E-state index contributed by atoms with van der Waals surface area (Å²) in [6, 6.07) is 16.3. The van der Waals surface area contributed by atoms with Crippen molar-refractivity contribution in [2.45, 2.75) is 25.7 Å². The molecule has 5 aromatic rings. The third-order valence-electron chi connectivity index (χ3n) is 16.2. The third kappa shape index (κ3) is 18.5. The molecule has 2 atom stereocenters. The number of phenolic OH excluding ortho intramolecular Hbond substituents is 4. The van der Waals surface area contributed by atoms with Crippen molar-refractivity contribution in [1.82, 2.24) is 61.7 Å². The molecule has 0 fully saturated rings. The number of carbonyl (C=O) groups excluding carboxylic acids is 9. The second kappa shape index (κ2) is 33.7. The second-order valence-corrected chi connectivity index (χ2v) is 22.4. The van der Waals surface area contributed by atoms with Crippen molar-refractivity contribution in [3.05, 3.63) is 146 Å². The lowest BCUT2D eigenvalue weighted by Gasteiger charge is -2.31. The molecule has 0 saturated carbocycles. The van der Waals surface area contributed by atoms with Crippen LogP contribution in [-0.2, 0) is 4.79 Å². The number of halogens is 5. The Morgan fingerprint density at radius 1 is 0.347 bits per heavy atom. The molecule has 31 heteroatoms. The van der Waals surface area contributed by atoms with Crippen molar-refractivity contribution < 1.29 is 90.3 Å². The number of hydrogen-bond donors (Lipinski definition) is 11. The van der Waals surface area contributed by atoms with Crippen molar-refractivity contribution >= 4 is 53.2 Å². The number of benzene rings is 5. The molecular formula is C64H73F5N12O14. The van der Waals surface area contributed by atoms with Gasteiger partial charge >= 0.3 is 5.97 Å². The van der Waals surface area contributed by atoms with Crippen LogP contribution in [0.15, 0.2) is 72.8 Å². The predicted molar refractivity (Wildman–Crippen MR) is 331 cm³/mol. The molecule has 12 bridgehead atoms. The zero-order valence-electron chi connectivity index (χ0n) is 51.6. The van der Waals surface area contributed by atoms with E-state index in [1.807, 2.05) is 19.6 Å². The van der Waals surface area contributed by atoms with E-state index in [1.54, 1.807) is 0 Å². The van der Waals surface area contributed by atoms with Gasteiger partial charge in [0.25, 0.3) is 47.3 Å². The number of esters is 1. The quantitative estimate of drug-likeness (QED) is 0.0278. The molecule has 4 aliphatic rings. The van der Waals surface area contributed by atoms with E-state index in [0.29, 0.717) is 0 Å². The molecule has 0 aromatic heterocycles. The topological polar surface area (TPSA) is 344 Å². The van der Waals surface area contributed by atoms with Crippen molar-refractivity contribution in [3.63, 3.8) is 0 Å². The molecule has 95 heavy (non-hydrogen) atoms. The fourth-order valence-electron chi connectivity index (χ4n) is 10.8. The van der Waals surface area contributed by atoms with Crippen LogP contribution in [0.5, 0.6) is 28.7 Å². The van der Waals surface area contributed by atoms with Crippen LogP contribution in [0.1, 0.15) is 109 Å². The number of para-hydroxylation sites is 4. The lowest BCUT2D eigenvalue weighted by Crippen LogP contribution is -2.46. The van der Waals surface area contributed by atoms with E-state index < -0.39 is 117 Å². The number of amides is 8. The van der Waals surface area contributed by atoms with E-state index in [2.05, 4.69) is 42.0 Å². The van der Waals surface area contributed by atoms with Crippen LogP contribution in [0.4, 0.5) is 22.0 Å². The van der Waals surface area contributed by atoms with Crippen molar-refractivity contribution in [3.8, 4) is 28.7 Å². The van der Waals surface area contributed by atoms with Crippen LogP contribution in [0, 0.1) is 29.1 Å². The zero-order chi connectivity index (χ0) is 68.3. The van der Waals surface area contributed by atoms with Crippen LogP contribution in [0.2, 0.25) is 0 Å². The Bertz CT molecular complexity index is 3580. The monoisotopic (exact) mass is 1330 g/mol. The first-order valence-corrected chi connectivity index (χ1v) is 30.8. The summed E-state index contributed by atoms with van der Waals surface area (Å²) >= 11 is 0. The summed E-state index contributed by atoms with van der Waals surface area (Å²) in [5, 5.41) is 65.4. The summed E-state index contributed by atoms with van der Waals surface area (Å²) in [6.45, 7) is 0.334. The first-order chi connectivity index (χ1) is 45.6. The summed E-state index contributed by atoms with van der Waals surface area (Å²) in [7, 11) is 0. The van der Waals surface area contributed by atoms with Crippen LogP contribution in [0.25, 0.3) is 0 Å². The Morgan fingerprint density at radius 3 is 0.905 bits per heavy atom. The molecule has 5 aromatic carbocycles. The van der Waals surface area contributed by atoms with Crippen LogP contribution < -0.4 is 42.0 Å². The minimum atomic E-state index is -2.45. The van der Waals surface area contributed by atoms with Gasteiger partial charge in [-0.3, -0.25) is 62.8 Å². The molecule has 11 N–H and O–H groups in total. The standard InChI is InChI=1S/C64H73F5N12O14/c65-47-48(66)50(68)56(51(69)49(47)67)95-46(82)16-2-1-3-24-81-37-36-80-31-23-76-62(92)43-13-6-12-42(54(43)85)59(89)72-19-27-78(28-22-75-63(93)44-14-7-15-45(55(44)86)64(81)94)33-32-77-25-17-70-57(87)38-8-4-10-40(52(38)83)60(90)73-20-29-79(34-35-80)30-21-74-61(91)41-11-5-9-39(53(41)84)58(88)71-18-26-77/h4-15,83-86H,1-3,16-37H2,(H,70,87)(H,71,88)(H,72,89)(H,73,90)(H,74,91)(H,75,93)(H,76,92). The SMILES string of the molecule is O=C(CCCCCN1CCN2CCNC(=O)c3cccc(c3O)C(=O)NCCN(CCNC(=O)c3cccc(c3O)C1=O)CCN1CCNC(=O)c3cccc(c3O)C(=O)NCCN(CCNC(=O)c3cccc(c3O)C(=O)NCC1)CC2)Oc1c(F)c(F)c(F)c(F)c1F. The number of aromatic hydroxyl groups is 4. The Balaban J connectivity index is 1.16.